The van der Waals surface area contributed by atoms with Crippen molar-refractivity contribution in [3.05, 3.63) is 44.5 Å². The number of piperidine rings is 1. The van der Waals surface area contributed by atoms with Crippen molar-refractivity contribution in [2.75, 3.05) is 18.0 Å². The van der Waals surface area contributed by atoms with Crippen LogP contribution in [0.4, 0.5) is 5.69 Å². The normalized spacial score (nSPS) is 15.3. The number of hydrogen-bond acceptors (Lipinski definition) is 5. The van der Waals surface area contributed by atoms with Crippen molar-refractivity contribution in [1.82, 2.24) is 24.2 Å². The van der Waals surface area contributed by atoms with Gasteiger partial charge in [0, 0.05) is 46.5 Å². The molecule has 0 aliphatic carbocycles. The van der Waals surface area contributed by atoms with Crippen LogP contribution in [0.1, 0.15) is 29.0 Å². The standard InChI is InChI=1S/C17H24N6O3/c1-11-9-13(22(4)19-11)15(24)18-12-5-7-23(8-6-12)14-10-20(2)17(26)21(3)16(14)25/h9-10,12H,5-8H2,1-4H3,(H,18,24). The van der Waals surface area contributed by atoms with Gasteiger partial charge in [-0.05, 0) is 25.8 Å². The van der Waals surface area contributed by atoms with Gasteiger partial charge in [0.05, 0.1) is 5.69 Å². The number of nitrogens with zero attached hydrogens (tertiary/aromatic N) is 5. The molecule has 0 saturated carbocycles. The van der Waals surface area contributed by atoms with Gasteiger partial charge in [-0.1, -0.05) is 0 Å². The molecular formula is C17H24N6O3. The maximum absolute atomic E-state index is 12.4. The summed E-state index contributed by atoms with van der Waals surface area (Å²) in [7, 11) is 4.87. The molecule has 0 atom stereocenters. The Balaban J connectivity index is 1.67. The van der Waals surface area contributed by atoms with E-state index in [1.54, 1.807) is 31.0 Å². The number of hydrogen-bond donors (Lipinski definition) is 1. The van der Waals surface area contributed by atoms with E-state index in [2.05, 4.69) is 10.4 Å². The van der Waals surface area contributed by atoms with Crippen LogP contribution in [0, 0.1) is 6.92 Å². The smallest absolute Gasteiger partial charge is 0.330 e. The molecule has 1 amide bonds. The number of carbonyl (C=O) groups is 1. The molecule has 2 aromatic rings. The summed E-state index contributed by atoms with van der Waals surface area (Å²) in [4.78, 5) is 38.5. The first-order valence-electron chi connectivity index (χ1n) is 8.61. The van der Waals surface area contributed by atoms with Crippen molar-refractivity contribution in [3.8, 4) is 0 Å². The summed E-state index contributed by atoms with van der Waals surface area (Å²) in [6.07, 6.45) is 3.05. The number of aromatic nitrogens is 4. The maximum Gasteiger partial charge on any atom is 0.330 e. The first-order valence-corrected chi connectivity index (χ1v) is 8.61. The van der Waals surface area contributed by atoms with Gasteiger partial charge in [-0.15, -0.1) is 0 Å². The lowest BCUT2D eigenvalue weighted by Crippen LogP contribution is -2.48. The summed E-state index contributed by atoms with van der Waals surface area (Å²) in [5, 5.41) is 7.24. The molecule has 0 bridgehead atoms. The van der Waals surface area contributed by atoms with E-state index in [4.69, 9.17) is 0 Å². The van der Waals surface area contributed by atoms with Crippen molar-refractivity contribution in [3.63, 3.8) is 0 Å². The lowest BCUT2D eigenvalue weighted by atomic mass is 10.0. The molecule has 0 aromatic carbocycles. The molecule has 3 heterocycles. The first kappa shape index (κ1) is 18.0. The number of amides is 1. The molecule has 1 fully saturated rings. The van der Waals surface area contributed by atoms with Crippen LogP contribution in [0.2, 0.25) is 0 Å². The Bertz CT molecular complexity index is 946. The molecule has 1 aliphatic rings. The van der Waals surface area contributed by atoms with E-state index < -0.39 is 0 Å². The fourth-order valence-corrected chi connectivity index (χ4v) is 3.35. The van der Waals surface area contributed by atoms with Gasteiger partial charge >= 0.3 is 5.69 Å². The van der Waals surface area contributed by atoms with Crippen LogP contribution in [0.3, 0.4) is 0 Å². The third kappa shape index (κ3) is 3.29. The Morgan fingerprint density at radius 2 is 1.85 bits per heavy atom. The zero-order valence-electron chi connectivity index (χ0n) is 15.5. The third-order valence-corrected chi connectivity index (χ3v) is 4.83. The molecule has 1 aliphatic heterocycles. The molecular weight excluding hydrogens is 336 g/mol. The summed E-state index contributed by atoms with van der Waals surface area (Å²) in [5.74, 6) is -0.135. The Kier molecular flexibility index (Phi) is 4.71. The Hall–Kier alpha value is -2.84. The highest BCUT2D eigenvalue weighted by molar-refractivity contribution is 5.92. The van der Waals surface area contributed by atoms with E-state index in [1.165, 1.54) is 11.6 Å². The highest BCUT2D eigenvalue weighted by atomic mass is 16.2. The predicted octanol–water partition coefficient (Wildman–Crippen LogP) is -0.475. The second kappa shape index (κ2) is 6.81. The molecule has 140 valence electrons. The van der Waals surface area contributed by atoms with Gasteiger partial charge in [0.15, 0.2) is 0 Å². The monoisotopic (exact) mass is 360 g/mol. The zero-order valence-corrected chi connectivity index (χ0v) is 15.5. The van der Waals surface area contributed by atoms with Crippen molar-refractivity contribution >= 4 is 11.6 Å². The fourth-order valence-electron chi connectivity index (χ4n) is 3.35. The maximum atomic E-state index is 12.4. The average Bonchev–Trinajstić information content (AvgIpc) is 2.95. The summed E-state index contributed by atoms with van der Waals surface area (Å²) in [6, 6.07) is 1.81. The number of aryl methyl sites for hydroxylation is 3. The Labute approximate surface area is 150 Å². The lowest BCUT2D eigenvalue weighted by Gasteiger charge is -2.33. The summed E-state index contributed by atoms with van der Waals surface area (Å²) < 4.78 is 4.11. The predicted molar refractivity (Wildman–Crippen MR) is 97.6 cm³/mol. The molecule has 9 nitrogen and oxygen atoms in total. The summed E-state index contributed by atoms with van der Waals surface area (Å²) >= 11 is 0. The number of carbonyl (C=O) groups excluding carboxylic acids is 1. The van der Waals surface area contributed by atoms with Crippen LogP contribution in [0.5, 0.6) is 0 Å². The Morgan fingerprint density at radius 1 is 1.19 bits per heavy atom. The summed E-state index contributed by atoms with van der Waals surface area (Å²) in [6.45, 7) is 3.13. The van der Waals surface area contributed by atoms with Crippen LogP contribution in [-0.4, -0.2) is 44.0 Å². The van der Waals surface area contributed by atoms with E-state index >= 15 is 0 Å². The van der Waals surface area contributed by atoms with E-state index in [1.807, 2.05) is 11.8 Å². The topological polar surface area (TPSA) is 94.2 Å². The highest BCUT2D eigenvalue weighted by Gasteiger charge is 2.24. The van der Waals surface area contributed by atoms with Gasteiger partial charge in [-0.25, -0.2) is 4.79 Å². The van der Waals surface area contributed by atoms with Gasteiger partial charge in [-0.3, -0.25) is 18.8 Å². The molecule has 9 heteroatoms. The number of anilines is 1. The Morgan fingerprint density at radius 3 is 2.42 bits per heavy atom. The first-order chi connectivity index (χ1) is 12.3. The van der Waals surface area contributed by atoms with Crippen LogP contribution in [-0.2, 0) is 21.1 Å². The second-order valence-corrected chi connectivity index (χ2v) is 6.80. The molecule has 0 radical (unpaired) electrons. The van der Waals surface area contributed by atoms with Crippen LogP contribution in [0.25, 0.3) is 0 Å². The van der Waals surface area contributed by atoms with Gasteiger partial charge in [0.2, 0.25) is 0 Å². The zero-order chi connectivity index (χ0) is 19.0. The number of nitrogens with one attached hydrogen (secondary N) is 1. The van der Waals surface area contributed by atoms with Gasteiger partial charge in [-0.2, -0.15) is 5.10 Å². The SMILES string of the molecule is Cc1cc(C(=O)NC2CCN(c3cn(C)c(=O)n(C)c3=O)CC2)n(C)n1. The van der Waals surface area contributed by atoms with Gasteiger partial charge in [0.25, 0.3) is 11.5 Å². The minimum atomic E-state index is -0.340. The minimum Gasteiger partial charge on any atom is -0.366 e. The van der Waals surface area contributed by atoms with Gasteiger partial charge < -0.3 is 14.8 Å². The molecule has 3 rings (SSSR count). The van der Waals surface area contributed by atoms with E-state index in [9.17, 15) is 14.4 Å². The van der Waals surface area contributed by atoms with Crippen LogP contribution >= 0.6 is 0 Å². The van der Waals surface area contributed by atoms with E-state index in [0.717, 1.165) is 23.1 Å². The van der Waals surface area contributed by atoms with E-state index in [0.29, 0.717) is 24.5 Å². The van der Waals surface area contributed by atoms with Crippen molar-refractivity contribution in [2.45, 2.75) is 25.8 Å². The van der Waals surface area contributed by atoms with Crippen LogP contribution < -0.4 is 21.5 Å². The van der Waals surface area contributed by atoms with Crippen molar-refractivity contribution in [1.29, 1.82) is 0 Å². The molecule has 0 spiro atoms. The molecule has 2 aromatic heterocycles. The second-order valence-electron chi connectivity index (χ2n) is 6.80. The van der Waals surface area contributed by atoms with Crippen molar-refractivity contribution < 1.29 is 4.79 Å². The molecule has 0 unspecified atom stereocenters. The molecule has 26 heavy (non-hydrogen) atoms. The molecule has 1 N–H and O–H groups in total. The minimum absolute atomic E-state index is 0.0466. The summed E-state index contributed by atoms with van der Waals surface area (Å²) in [5.41, 5.74) is 1.23. The lowest BCUT2D eigenvalue weighted by molar-refractivity contribution is 0.0921. The largest absolute Gasteiger partial charge is 0.366 e. The average molecular weight is 360 g/mol. The van der Waals surface area contributed by atoms with Gasteiger partial charge in [0.1, 0.15) is 11.4 Å². The number of rotatable bonds is 3. The fraction of sp³-hybridized carbons (Fsp3) is 0.529. The molecule has 1 saturated heterocycles. The third-order valence-electron chi connectivity index (χ3n) is 4.83. The van der Waals surface area contributed by atoms with Crippen LogP contribution in [0.15, 0.2) is 21.9 Å². The van der Waals surface area contributed by atoms with E-state index in [-0.39, 0.29) is 23.2 Å². The van der Waals surface area contributed by atoms with Crippen molar-refractivity contribution in [2.24, 2.45) is 21.1 Å². The highest BCUT2D eigenvalue weighted by Crippen LogP contribution is 2.16. The quantitative estimate of drug-likeness (QED) is 0.798.